The zero-order valence-electron chi connectivity index (χ0n) is 10.4. The minimum absolute atomic E-state index is 0.598. The molecule has 2 N–H and O–H groups in total. The number of piperidine rings is 1. The van der Waals surface area contributed by atoms with Crippen molar-refractivity contribution < 1.29 is 0 Å². The number of aromatic amines is 1. The van der Waals surface area contributed by atoms with E-state index in [1.807, 2.05) is 0 Å². The smallest absolute Gasteiger partial charge is 0.245 e. The van der Waals surface area contributed by atoms with Crippen LogP contribution in [0, 0.1) is 5.92 Å². The van der Waals surface area contributed by atoms with Gasteiger partial charge in [-0.05, 0) is 36.8 Å². The summed E-state index contributed by atoms with van der Waals surface area (Å²) in [6.07, 6.45) is 4.30. The SMILES string of the molecule is c1nnsc1-c1nc(N2CC3CCCNC3C2)n[nH]1. The van der Waals surface area contributed by atoms with Gasteiger partial charge in [0, 0.05) is 19.1 Å². The number of hydrogen-bond donors (Lipinski definition) is 2. The molecule has 2 fully saturated rings. The molecule has 2 saturated heterocycles. The number of hydrogen-bond acceptors (Lipinski definition) is 7. The van der Waals surface area contributed by atoms with Crippen LogP contribution in [0.3, 0.4) is 0 Å². The summed E-state index contributed by atoms with van der Waals surface area (Å²) in [5.74, 6) is 2.29. The van der Waals surface area contributed by atoms with Crippen LogP contribution in [0.15, 0.2) is 6.20 Å². The summed E-state index contributed by atoms with van der Waals surface area (Å²) < 4.78 is 3.84. The fourth-order valence-corrected chi connectivity index (χ4v) is 3.44. The molecule has 0 bridgehead atoms. The first kappa shape index (κ1) is 11.3. The summed E-state index contributed by atoms with van der Waals surface area (Å²) in [6.45, 7) is 3.19. The first-order chi connectivity index (χ1) is 9.40. The number of H-pyrrole nitrogens is 1. The first-order valence-electron chi connectivity index (χ1n) is 6.58. The van der Waals surface area contributed by atoms with Crippen LogP contribution in [-0.2, 0) is 0 Å². The van der Waals surface area contributed by atoms with Crippen molar-refractivity contribution in [2.24, 2.45) is 5.92 Å². The Hall–Kier alpha value is -1.54. The highest BCUT2D eigenvalue weighted by molar-refractivity contribution is 7.09. The fraction of sp³-hybridized carbons (Fsp3) is 0.636. The van der Waals surface area contributed by atoms with Crippen LogP contribution >= 0.6 is 11.5 Å². The predicted octanol–water partition coefficient (Wildman–Crippen LogP) is 0.511. The monoisotopic (exact) mass is 277 g/mol. The molecule has 8 heteroatoms. The van der Waals surface area contributed by atoms with E-state index in [0.717, 1.165) is 42.2 Å². The van der Waals surface area contributed by atoms with Gasteiger partial charge in [0.2, 0.25) is 5.95 Å². The molecule has 0 aromatic carbocycles. The molecule has 2 aromatic rings. The molecule has 2 aliphatic heterocycles. The highest BCUT2D eigenvalue weighted by Crippen LogP contribution is 2.28. The van der Waals surface area contributed by atoms with Crippen LogP contribution in [0.5, 0.6) is 0 Å². The van der Waals surface area contributed by atoms with Crippen LogP contribution in [0.4, 0.5) is 5.95 Å². The van der Waals surface area contributed by atoms with E-state index in [9.17, 15) is 0 Å². The second-order valence-corrected chi connectivity index (χ2v) is 5.92. The molecule has 19 heavy (non-hydrogen) atoms. The highest BCUT2D eigenvalue weighted by Gasteiger charge is 2.35. The summed E-state index contributed by atoms with van der Waals surface area (Å²) >= 11 is 1.33. The van der Waals surface area contributed by atoms with Gasteiger partial charge in [-0.2, -0.15) is 4.98 Å². The number of rotatable bonds is 2. The van der Waals surface area contributed by atoms with Gasteiger partial charge >= 0.3 is 0 Å². The second-order valence-electron chi connectivity index (χ2n) is 5.13. The van der Waals surface area contributed by atoms with Gasteiger partial charge in [0.25, 0.3) is 0 Å². The Morgan fingerprint density at radius 1 is 1.37 bits per heavy atom. The topological polar surface area (TPSA) is 82.6 Å². The van der Waals surface area contributed by atoms with Crippen molar-refractivity contribution in [2.75, 3.05) is 24.5 Å². The normalized spacial score (nSPS) is 26.6. The van der Waals surface area contributed by atoms with Gasteiger partial charge in [-0.3, -0.25) is 5.10 Å². The third kappa shape index (κ3) is 2.00. The second kappa shape index (κ2) is 4.53. The van der Waals surface area contributed by atoms with E-state index in [-0.39, 0.29) is 0 Å². The van der Waals surface area contributed by atoms with Gasteiger partial charge < -0.3 is 10.2 Å². The van der Waals surface area contributed by atoms with Gasteiger partial charge in [0.1, 0.15) is 4.88 Å². The molecule has 2 aromatic heterocycles. The Morgan fingerprint density at radius 3 is 3.21 bits per heavy atom. The number of fused-ring (bicyclic) bond motifs is 1. The third-order valence-corrected chi connectivity index (χ3v) is 4.62. The van der Waals surface area contributed by atoms with E-state index in [0.29, 0.717) is 6.04 Å². The van der Waals surface area contributed by atoms with E-state index < -0.39 is 0 Å². The quantitative estimate of drug-likeness (QED) is 0.832. The standard InChI is InChI=1S/C11H15N7S/c1-2-7-5-18(6-8(7)12-3-1)11-14-10(15-16-11)9-4-13-17-19-9/h4,7-8,12H,1-3,5-6H2,(H,14,15,16). The average Bonchev–Trinajstić information content (AvgIpc) is 3.17. The highest BCUT2D eigenvalue weighted by atomic mass is 32.1. The lowest BCUT2D eigenvalue weighted by Gasteiger charge is -2.24. The average molecular weight is 277 g/mol. The summed E-state index contributed by atoms with van der Waals surface area (Å²) in [5.41, 5.74) is 0. The van der Waals surface area contributed by atoms with Crippen LogP contribution in [0.1, 0.15) is 12.8 Å². The number of anilines is 1. The van der Waals surface area contributed by atoms with Crippen molar-refractivity contribution in [3.63, 3.8) is 0 Å². The summed E-state index contributed by atoms with van der Waals surface area (Å²) in [6, 6.07) is 0.598. The minimum Gasteiger partial charge on any atom is -0.338 e. The van der Waals surface area contributed by atoms with E-state index in [2.05, 4.69) is 35.0 Å². The lowest BCUT2D eigenvalue weighted by Crippen LogP contribution is -2.40. The molecule has 0 saturated carbocycles. The number of nitrogens with one attached hydrogen (secondary N) is 2. The van der Waals surface area contributed by atoms with Crippen LogP contribution < -0.4 is 10.2 Å². The maximum absolute atomic E-state index is 4.55. The van der Waals surface area contributed by atoms with Crippen LogP contribution in [0.2, 0.25) is 0 Å². The van der Waals surface area contributed by atoms with Crippen LogP contribution in [-0.4, -0.2) is 50.4 Å². The summed E-state index contributed by atoms with van der Waals surface area (Å²) in [7, 11) is 0. The Kier molecular flexibility index (Phi) is 2.70. The first-order valence-corrected chi connectivity index (χ1v) is 7.36. The molecule has 2 atom stereocenters. The maximum Gasteiger partial charge on any atom is 0.245 e. The Morgan fingerprint density at radius 2 is 2.37 bits per heavy atom. The molecule has 7 nitrogen and oxygen atoms in total. The Labute approximate surface area is 114 Å². The largest absolute Gasteiger partial charge is 0.338 e. The van der Waals surface area contributed by atoms with Gasteiger partial charge in [-0.25, -0.2) is 0 Å². The molecular weight excluding hydrogens is 262 g/mol. The molecule has 4 rings (SSSR count). The van der Waals surface area contributed by atoms with Crippen molar-refractivity contribution in [2.45, 2.75) is 18.9 Å². The van der Waals surface area contributed by atoms with Gasteiger partial charge in [0.15, 0.2) is 5.82 Å². The van der Waals surface area contributed by atoms with Gasteiger partial charge in [-0.15, -0.1) is 10.2 Å². The summed E-state index contributed by atoms with van der Waals surface area (Å²) in [4.78, 5) is 7.75. The summed E-state index contributed by atoms with van der Waals surface area (Å²) in [5, 5.41) is 14.7. The van der Waals surface area contributed by atoms with Gasteiger partial charge in [-0.1, -0.05) is 4.49 Å². The zero-order chi connectivity index (χ0) is 12.7. The van der Waals surface area contributed by atoms with E-state index in [1.165, 1.54) is 24.4 Å². The van der Waals surface area contributed by atoms with Crippen molar-refractivity contribution in [1.29, 1.82) is 0 Å². The molecule has 0 aliphatic carbocycles. The van der Waals surface area contributed by atoms with Gasteiger partial charge in [0.05, 0.1) is 6.20 Å². The Bertz CT molecular complexity index is 537. The van der Waals surface area contributed by atoms with E-state index >= 15 is 0 Å². The van der Waals surface area contributed by atoms with Crippen molar-refractivity contribution in [1.82, 2.24) is 30.1 Å². The molecule has 0 spiro atoms. The molecule has 100 valence electrons. The molecule has 0 radical (unpaired) electrons. The molecular formula is C11H15N7S. The minimum atomic E-state index is 0.598. The molecule has 2 aliphatic rings. The number of aromatic nitrogens is 5. The molecule has 4 heterocycles. The molecule has 2 unspecified atom stereocenters. The lowest BCUT2D eigenvalue weighted by atomic mass is 9.94. The van der Waals surface area contributed by atoms with Crippen LogP contribution in [0.25, 0.3) is 10.7 Å². The predicted molar refractivity (Wildman–Crippen MR) is 72.0 cm³/mol. The van der Waals surface area contributed by atoms with Crippen molar-refractivity contribution >= 4 is 17.5 Å². The third-order valence-electron chi connectivity index (χ3n) is 3.95. The van der Waals surface area contributed by atoms with E-state index in [4.69, 9.17) is 0 Å². The van der Waals surface area contributed by atoms with Crippen molar-refractivity contribution in [3.05, 3.63) is 6.20 Å². The lowest BCUT2D eigenvalue weighted by molar-refractivity contribution is 0.340. The van der Waals surface area contributed by atoms with E-state index in [1.54, 1.807) is 6.20 Å². The van der Waals surface area contributed by atoms with Crippen molar-refractivity contribution in [3.8, 4) is 10.7 Å². The molecule has 0 amide bonds. The number of nitrogens with zero attached hydrogens (tertiary/aromatic N) is 5. The Balaban J connectivity index is 1.54. The zero-order valence-corrected chi connectivity index (χ0v) is 11.2. The maximum atomic E-state index is 4.55. The fourth-order valence-electron chi connectivity index (χ4n) is 2.99.